The minimum atomic E-state index is -0.412. The Hall–Kier alpha value is -3.48. The Morgan fingerprint density at radius 1 is 1.10 bits per heavy atom. The average Bonchev–Trinajstić information content (AvgIpc) is 3.23. The Labute approximate surface area is 165 Å². The molecule has 0 spiro atoms. The van der Waals surface area contributed by atoms with E-state index >= 15 is 0 Å². The van der Waals surface area contributed by atoms with Crippen molar-refractivity contribution in [2.75, 3.05) is 6.54 Å². The number of nitrogens with zero attached hydrogens (tertiary/aromatic N) is 4. The van der Waals surface area contributed by atoms with Crippen LogP contribution >= 0.6 is 0 Å². The standard InChI is InChI=1S/C22H19FN4O2/c23-17-3-4-18-20(12-17)27(22(29)19-2-1-9-26(18)19)11-7-21(28)25-10-6-15-13-24-8-5-16(15)14-25/h1-5,8-9,12-13H,6-7,10-11,14H2. The Morgan fingerprint density at radius 3 is 2.90 bits per heavy atom. The summed E-state index contributed by atoms with van der Waals surface area (Å²) in [6, 6.07) is 9.85. The summed E-state index contributed by atoms with van der Waals surface area (Å²) in [5.74, 6) is -0.427. The van der Waals surface area contributed by atoms with Crippen LogP contribution in [0.2, 0.25) is 0 Å². The van der Waals surface area contributed by atoms with Crippen LogP contribution < -0.4 is 5.56 Å². The van der Waals surface area contributed by atoms with Crippen LogP contribution in [0.4, 0.5) is 4.39 Å². The van der Waals surface area contributed by atoms with Gasteiger partial charge >= 0.3 is 0 Å². The van der Waals surface area contributed by atoms with Crippen molar-refractivity contribution < 1.29 is 9.18 Å². The number of hydrogen-bond donors (Lipinski definition) is 0. The lowest BCUT2D eigenvalue weighted by Crippen LogP contribution is -2.37. The van der Waals surface area contributed by atoms with Gasteiger partial charge in [-0.3, -0.25) is 14.6 Å². The Morgan fingerprint density at radius 2 is 2.00 bits per heavy atom. The molecule has 0 radical (unpaired) electrons. The average molecular weight is 390 g/mol. The Balaban J connectivity index is 1.44. The summed E-state index contributed by atoms with van der Waals surface area (Å²) in [7, 11) is 0. The smallest absolute Gasteiger partial charge is 0.275 e. The normalized spacial score (nSPS) is 13.8. The van der Waals surface area contributed by atoms with E-state index in [0.717, 1.165) is 17.5 Å². The van der Waals surface area contributed by atoms with Gasteiger partial charge in [0, 0.05) is 44.6 Å². The number of carbonyl (C=O) groups excluding carboxylic acids is 1. The number of benzene rings is 1. The van der Waals surface area contributed by atoms with Gasteiger partial charge < -0.3 is 13.9 Å². The van der Waals surface area contributed by atoms with Gasteiger partial charge in [0.2, 0.25) is 5.91 Å². The molecule has 0 atom stereocenters. The molecule has 4 heterocycles. The highest BCUT2D eigenvalue weighted by molar-refractivity contribution is 5.80. The molecule has 7 heteroatoms. The van der Waals surface area contributed by atoms with Crippen molar-refractivity contribution in [1.29, 1.82) is 0 Å². The van der Waals surface area contributed by atoms with Crippen LogP contribution in [-0.2, 0) is 24.3 Å². The third-order valence-electron chi connectivity index (χ3n) is 5.62. The van der Waals surface area contributed by atoms with Crippen LogP contribution in [0.15, 0.2) is 59.8 Å². The molecule has 1 aliphatic rings. The maximum absolute atomic E-state index is 13.9. The zero-order valence-corrected chi connectivity index (χ0v) is 15.7. The van der Waals surface area contributed by atoms with E-state index < -0.39 is 5.82 Å². The SMILES string of the molecule is O=C(CCn1c(=O)c2cccn2c2ccc(F)cc21)N1CCc2cnccc2C1. The molecule has 0 fully saturated rings. The fourth-order valence-corrected chi connectivity index (χ4v) is 4.11. The van der Waals surface area contributed by atoms with Crippen LogP contribution in [-0.4, -0.2) is 31.3 Å². The van der Waals surface area contributed by atoms with Gasteiger partial charge in [-0.1, -0.05) is 0 Å². The second-order valence-electron chi connectivity index (χ2n) is 7.31. The highest BCUT2D eigenvalue weighted by Gasteiger charge is 2.21. The first-order valence-electron chi connectivity index (χ1n) is 9.60. The molecule has 1 amide bonds. The maximum Gasteiger partial charge on any atom is 0.275 e. The molecule has 0 saturated carbocycles. The van der Waals surface area contributed by atoms with Gasteiger partial charge in [-0.2, -0.15) is 0 Å². The predicted molar refractivity (Wildman–Crippen MR) is 107 cm³/mol. The summed E-state index contributed by atoms with van der Waals surface area (Å²) >= 11 is 0. The van der Waals surface area contributed by atoms with E-state index in [2.05, 4.69) is 4.98 Å². The van der Waals surface area contributed by atoms with Crippen LogP contribution in [0.25, 0.3) is 16.6 Å². The quantitative estimate of drug-likeness (QED) is 0.541. The van der Waals surface area contributed by atoms with E-state index in [9.17, 15) is 14.0 Å². The summed E-state index contributed by atoms with van der Waals surface area (Å²) < 4.78 is 17.2. The van der Waals surface area contributed by atoms with Gasteiger partial charge in [0.15, 0.2) is 0 Å². The van der Waals surface area contributed by atoms with Gasteiger partial charge in [0.1, 0.15) is 11.3 Å². The lowest BCUT2D eigenvalue weighted by Gasteiger charge is -2.28. The maximum atomic E-state index is 13.9. The van der Waals surface area contributed by atoms with Crippen molar-refractivity contribution in [3.8, 4) is 0 Å². The van der Waals surface area contributed by atoms with E-state index in [-0.39, 0.29) is 24.4 Å². The second kappa shape index (κ2) is 6.84. The van der Waals surface area contributed by atoms with E-state index in [1.165, 1.54) is 22.3 Å². The minimum Gasteiger partial charge on any atom is -0.338 e. The van der Waals surface area contributed by atoms with Crippen LogP contribution in [0.1, 0.15) is 17.5 Å². The zero-order chi connectivity index (χ0) is 20.0. The van der Waals surface area contributed by atoms with Crippen molar-refractivity contribution >= 4 is 22.5 Å². The number of pyridine rings is 1. The van der Waals surface area contributed by atoms with Crippen molar-refractivity contribution in [1.82, 2.24) is 18.9 Å². The molecule has 0 saturated heterocycles. The number of carbonyl (C=O) groups is 1. The Kier molecular flexibility index (Phi) is 4.16. The molecular formula is C22H19FN4O2. The number of rotatable bonds is 3. The van der Waals surface area contributed by atoms with E-state index in [1.807, 2.05) is 17.2 Å². The lowest BCUT2D eigenvalue weighted by molar-refractivity contribution is -0.132. The summed E-state index contributed by atoms with van der Waals surface area (Å²) in [5, 5.41) is 0. The van der Waals surface area contributed by atoms with E-state index in [4.69, 9.17) is 0 Å². The Bertz CT molecular complexity index is 1310. The summed E-state index contributed by atoms with van der Waals surface area (Å²) in [4.78, 5) is 31.7. The number of halogens is 1. The van der Waals surface area contributed by atoms with Crippen molar-refractivity contribution in [3.05, 3.63) is 82.3 Å². The first kappa shape index (κ1) is 17.6. The molecule has 146 valence electrons. The molecule has 3 aromatic heterocycles. The zero-order valence-electron chi connectivity index (χ0n) is 15.7. The van der Waals surface area contributed by atoms with Crippen molar-refractivity contribution in [2.24, 2.45) is 0 Å². The second-order valence-corrected chi connectivity index (χ2v) is 7.31. The van der Waals surface area contributed by atoms with Crippen molar-refractivity contribution in [2.45, 2.75) is 25.9 Å². The lowest BCUT2D eigenvalue weighted by atomic mass is 10.0. The highest BCUT2D eigenvalue weighted by Crippen LogP contribution is 2.20. The van der Waals surface area contributed by atoms with Gasteiger partial charge in [0.25, 0.3) is 5.56 Å². The fraction of sp³-hybridized carbons (Fsp3) is 0.227. The molecule has 0 N–H and O–H groups in total. The van der Waals surface area contributed by atoms with Gasteiger partial charge in [-0.25, -0.2) is 4.39 Å². The number of fused-ring (bicyclic) bond motifs is 4. The van der Waals surface area contributed by atoms with Gasteiger partial charge in [-0.15, -0.1) is 0 Å². The predicted octanol–water partition coefficient (Wildman–Crippen LogP) is 2.76. The van der Waals surface area contributed by atoms with Gasteiger partial charge in [0.05, 0.1) is 11.0 Å². The first-order chi connectivity index (χ1) is 14.1. The number of amides is 1. The van der Waals surface area contributed by atoms with E-state index in [1.54, 1.807) is 35.0 Å². The number of aromatic nitrogens is 3. The van der Waals surface area contributed by atoms with Gasteiger partial charge in [-0.05, 0) is 53.9 Å². The molecule has 4 aromatic rings. The largest absolute Gasteiger partial charge is 0.338 e. The molecule has 5 rings (SSSR count). The topological polar surface area (TPSA) is 59.6 Å². The molecule has 29 heavy (non-hydrogen) atoms. The third kappa shape index (κ3) is 2.99. The highest BCUT2D eigenvalue weighted by atomic mass is 19.1. The molecule has 0 unspecified atom stereocenters. The first-order valence-corrected chi connectivity index (χ1v) is 9.60. The molecule has 1 aromatic carbocycles. The van der Waals surface area contributed by atoms with Crippen molar-refractivity contribution in [3.63, 3.8) is 0 Å². The molecular weight excluding hydrogens is 371 g/mol. The monoisotopic (exact) mass is 390 g/mol. The molecule has 0 aliphatic carbocycles. The summed E-state index contributed by atoms with van der Waals surface area (Å²) in [6.07, 6.45) is 6.33. The van der Waals surface area contributed by atoms with Crippen LogP contribution in [0.3, 0.4) is 0 Å². The van der Waals surface area contributed by atoms with E-state index in [0.29, 0.717) is 24.1 Å². The summed E-state index contributed by atoms with van der Waals surface area (Å²) in [6.45, 7) is 1.40. The molecule has 0 bridgehead atoms. The fourth-order valence-electron chi connectivity index (χ4n) is 4.11. The number of aryl methyl sites for hydroxylation is 1. The third-order valence-corrected chi connectivity index (χ3v) is 5.62. The molecule has 6 nitrogen and oxygen atoms in total. The van der Waals surface area contributed by atoms with Crippen LogP contribution in [0.5, 0.6) is 0 Å². The summed E-state index contributed by atoms with van der Waals surface area (Å²) in [5.41, 5.74) is 3.79. The number of hydrogen-bond acceptors (Lipinski definition) is 3. The van der Waals surface area contributed by atoms with Crippen LogP contribution in [0, 0.1) is 5.82 Å². The minimum absolute atomic E-state index is 0.0147. The molecule has 1 aliphatic heterocycles.